The molecular weight excluding hydrogens is 292 g/mol. The van der Waals surface area contributed by atoms with E-state index in [4.69, 9.17) is 5.73 Å². The fourth-order valence-corrected chi connectivity index (χ4v) is 2.17. The Bertz CT molecular complexity index is 785. The van der Waals surface area contributed by atoms with Crippen molar-refractivity contribution >= 4 is 6.03 Å². The zero-order valence-corrected chi connectivity index (χ0v) is 12.4. The molecule has 2 aromatic heterocycles. The number of hydrogen-bond acceptors (Lipinski definition) is 4. The third-order valence-corrected chi connectivity index (χ3v) is 3.26. The van der Waals surface area contributed by atoms with Gasteiger partial charge in [-0.25, -0.2) is 14.5 Å². The van der Waals surface area contributed by atoms with Crippen molar-refractivity contribution in [3.63, 3.8) is 0 Å². The second kappa shape index (κ2) is 6.69. The van der Waals surface area contributed by atoms with E-state index in [0.717, 1.165) is 11.1 Å². The molecule has 0 aliphatic carbocycles. The first-order valence-corrected chi connectivity index (χ1v) is 7.14. The average Bonchev–Trinajstić information content (AvgIpc) is 2.97. The highest BCUT2D eigenvalue weighted by Gasteiger charge is 2.12. The summed E-state index contributed by atoms with van der Waals surface area (Å²) >= 11 is 0. The van der Waals surface area contributed by atoms with Gasteiger partial charge in [0.15, 0.2) is 5.82 Å². The van der Waals surface area contributed by atoms with Gasteiger partial charge in [-0.15, -0.1) is 0 Å². The fourth-order valence-electron chi connectivity index (χ4n) is 2.17. The molecule has 1 aromatic carbocycles. The molecule has 116 valence electrons. The smallest absolute Gasteiger partial charge is 0.312 e. The van der Waals surface area contributed by atoms with Crippen LogP contribution in [-0.2, 0) is 13.1 Å². The van der Waals surface area contributed by atoms with Crippen LogP contribution in [-0.4, -0.2) is 25.8 Å². The van der Waals surface area contributed by atoms with Gasteiger partial charge in [0.25, 0.3) is 0 Å². The number of nitrogens with one attached hydrogen (secondary N) is 1. The molecule has 0 radical (unpaired) electrons. The molecule has 23 heavy (non-hydrogen) atoms. The number of carbonyl (C=O) groups excluding carboxylic acids is 1. The predicted molar refractivity (Wildman–Crippen MR) is 85.2 cm³/mol. The van der Waals surface area contributed by atoms with E-state index in [1.807, 2.05) is 42.5 Å². The lowest BCUT2D eigenvalue weighted by Gasteiger charge is -2.06. The lowest BCUT2D eigenvalue weighted by molar-refractivity contribution is 0.248. The van der Waals surface area contributed by atoms with Gasteiger partial charge in [0, 0.05) is 18.0 Å². The molecule has 0 aliphatic rings. The summed E-state index contributed by atoms with van der Waals surface area (Å²) in [6.45, 7) is 0.777. The Morgan fingerprint density at radius 1 is 1.17 bits per heavy atom. The maximum Gasteiger partial charge on any atom is 0.312 e. The molecule has 0 unspecified atom stereocenters. The number of hydrogen-bond donors (Lipinski definition) is 2. The quantitative estimate of drug-likeness (QED) is 0.747. The standard InChI is InChI=1S/C16H16N6O/c17-16(23)19-10-14-20-15(13-7-4-8-18-9-13)21-22(14)11-12-5-2-1-3-6-12/h1-9H,10-11H2,(H3,17,19,23). The molecule has 0 atom stereocenters. The summed E-state index contributed by atoms with van der Waals surface area (Å²) < 4.78 is 1.76. The van der Waals surface area contributed by atoms with E-state index in [1.165, 1.54) is 0 Å². The van der Waals surface area contributed by atoms with Crippen molar-refractivity contribution in [1.29, 1.82) is 0 Å². The first-order valence-electron chi connectivity index (χ1n) is 7.14. The Morgan fingerprint density at radius 3 is 2.70 bits per heavy atom. The van der Waals surface area contributed by atoms with Crippen molar-refractivity contribution in [1.82, 2.24) is 25.1 Å². The third-order valence-electron chi connectivity index (χ3n) is 3.26. The molecule has 0 aliphatic heterocycles. The van der Waals surface area contributed by atoms with Gasteiger partial charge < -0.3 is 11.1 Å². The molecule has 3 aromatic rings. The number of aromatic nitrogens is 4. The lowest BCUT2D eigenvalue weighted by Crippen LogP contribution is -2.30. The third kappa shape index (κ3) is 3.70. The van der Waals surface area contributed by atoms with Crippen LogP contribution in [0.3, 0.4) is 0 Å². The van der Waals surface area contributed by atoms with Gasteiger partial charge in [-0.3, -0.25) is 4.98 Å². The van der Waals surface area contributed by atoms with Crippen molar-refractivity contribution < 1.29 is 4.79 Å². The summed E-state index contributed by atoms with van der Waals surface area (Å²) in [4.78, 5) is 19.5. The van der Waals surface area contributed by atoms with Gasteiger partial charge in [-0.1, -0.05) is 30.3 Å². The molecule has 2 heterocycles. The molecule has 3 N–H and O–H groups in total. The van der Waals surface area contributed by atoms with E-state index in [0.29, 0.717) is 18.2 Å². The van der Waals surface area contributed by atoms with Crippen LogP contribution in [0.15, 0.2) is 54.9 Å². The Labute approximate surface area is 133 Å². The zero-order valence-electron chi connectivity index (χ0n) is 12.4. The largest absolute Gasteiger partial charge is 0.352 e. The molecule has 0 saturated carbocycles. The van der Waals surface area contributed by atoms with Gasteiger partial charge in [0.2, 0.25) is 0 Å². The Kier molecular flexibility index (Phi) is 4.28. The predicted octanol–water partition coefficient (Wildman–Crippen LogP) is 1.56. The normalized spacial score (nSPS) is 10.4. The van der Waals surface area contributed by atoms with Crippen molar-refractivity contribution in [2.75, 3.05) is 0 Å². The molecule has 7 nitrogen and oxygen atoms in total. The second-order valence-corrected chi connectivity index (χ2v) is 4.95. The number of benzene rings is 1. The number of nitrogens with zero attached hydrogens (tertiary/aromatic N) is 4. The Balaban J connectivity index is 1.91. The molecule has 0 fully saturated rings. The number of primary amides is 1. The summed E-state index contributed by atoms with van der Waals surface area (Å²) in [7, 11) is 0. The van der Waals surface area contributed by atoms with E-state index in [-0.39, 0.29) is 6.54 Å². The highest BCUT2D eigenvalue weighted by Crippen LogP contribution is 2.15. The van der Waals surface area contributed by atoms with Gasteiger partial charge >= 0.3 is 6.03 Å². The molecular formula is C16H16N6O. The summed E-state index contributed by atoms with van der Waals surface area (Å²) in [5.74, 6) is 1.20. The fraction of sp³-hybridized carbons (Fsp3) is 0.125. The number of amides is 2. The number of nitrogens with two attached hydrogens (primary N) is 1. The van der Waals surface area contributed by atoms with Crippen molar-refractivity contribution in [3.8, 4) is 11.4 Å². The number of urea groups is 1. The molecule has 0 bridgehead atoms. The molecule has 0 saturated heterocycles. The Hall–Kier alpha value is -3.22. The second-order valence-electron chi connectivity index (χ2n) is 4.95. The van der Waals surface area contributed by atoms with Gasteiger partial charge in [-0.2, -0.15) is 5.10 Å². The zero-order chi connectivity index (χ0) is 16.1. The minimum atomic E-state index is -0.595. The monoisotopic (exact) mass is 308 g/mol. The number of rotatable bonds is 5. The van der Waals surface area contributed by atoms with Gasteiger partial charge in [-0.05, 0) is 17.7 Å². The maximum absolute atomic E-state index is 11.0. The first kappa shape index (κ1) is 14.7. The van der Waals surface area contributed by atoms with Gasteiger partial charge in [0.1, 0.15) is 5.82 Å². The van der Waals surface area contributed by atoms with Crippen LogP contribution in [0, 0.1) is 0 Å². The van der Waals surface area contributed by atoms with E-state index >= 15 is 0 Å². The minimum absolute atomic E-state index is 0.218. The molecule has 3 rings (SSSR count). The van der Waals surface area contributed by atoms with Crippen LogP contribution in [0.4, 0.5) is 4.79 Å². The summed E-state index contributed by atoms with van der Waals surface area (Å²) in [6.07, 6.45) is 3.40. The lowest BCUT2D eigenvalue weighted by atomic mass is 10.2. The van der Waals surface area contributed by atoms with Gasteiger partial charge in [0.05, 0.1) is 13.1 Å². The van der Waals surface area contributed by atoms with E-state index in [2.05, 4.69) is 20.4 Å². The maximum atomic E-state index is 11.0. The topological polar surface area (TPSA) is 98.7 Å². The first-order chi connectivity index (χ1) is 11.2. The van der Waals surface area contributed by atoms with Crippen molar-refractivity contribution in [2.45, 2.75) is 13.1 Å². The number of carbonyl (C=O) groups is 1. The molecule has 0 spiro atoms. The Morgan fingerprint density at radius 2 is 2.00 bits per heavy atom. The van der Waals surface area contributed by atoms with Crippen LogP contribution in [0.2, 0.25) is 0 Å². The van der Waals surface area contributed by atoms with Crippen LogP contribution >= 0.6 is 0 Å². The van der Waals surface area contributed by atoms with Crippen LogP contribution in [0.5, 0.6) is 0 Å². The summed E-state index contributed by atoms with van der Waals surface area (Å²) in [6, 6.07) is 13.0. The van der Waals surface area contributed by atoms with E-state index < -0.39 is 6.03 Å². The van der Waals surface area contributed by atoms with E-state index in [9.17, 15) is 4.79 Å². The highest BCUT2D eigenvalue weighted by atomic mass is 16.2. The average molecular weight is 308 g/mol. The van der Waals surface area contributed by atoms with Crippen LogP contribution in [0.25, 0.3) is 11.4 Å². The minimum Gasteiger partial charge on any atom is -0.352 e. The van der Waals surface area contributed by atoms with Crippen LogP contribution in [0.1, 0.15) is 11.4 Å². The van der Waals surface area contributed by atoms with E-state index in [1.54, 1.807) is 17.1 Å². The SMILES string of the molecule is NC(=O)NCc1nc(-c2cccnc2)nn1Cc1ccccc1. The summed E-state index contributed by atoms with van der Waals surface area (Å²) in [5, 5.41) is 7.08. The van der Waals surface area contributed by atoms with Crippen molar-refractivity contribution in [2.24, 2.45) is 5.73 Å². The summed E-state index contributed by atoms with van der Waals surface area (Å²) in [5.41, 5.74) is 7.06. The van der Waals surface area contributed by atoms with Crippen LogP contribution < -0.4 is 11.1 Å². The van der Waals surface area contributed by atoms with Crippen molar-refractivity contribution in [3.05, 3.63) is 66.2 Å². The molecule has 7 heteroatoms. The molecule has 2 amide bonds. The number of pyridine rings is 1. The highest BCUT2D eigenvalue weighted by molar-refractivity contribution is 5.71.